The van der Waals surface area contributed by atoms with Crippen LogP contribution in [0.1, 0.15) is 34.1 Å². The van der Waals surface area contributed by atoms with Crippen molar-refractivity contribution in [1.29, 1.82) is 0 Å². The van der Waals surface area contributed by atoms with Gasteiger partial charge in [-0.05, 0) is 77.9 Å². The van der Waals surface area contributed by atoms with Crippen LogP contribution in [0, 0.1) is 23.6 Å². The first-order valence-electron chi connectivity index (χ1n) is 11.5. The topological polar surface area (TPSA) is 53.6 Å². The molecule has 0 bridgehead atoms. The number of benzene rings is 1. The normalized spacial score (nSPS) is 12.5. The number of rotatable bonds is 8. The summed E-state index contributed by atoms with van der Waals surface area (Å²) in [5.41, 5.74) is 5.61. The molecule has 33 heavy (non-hydrogen) atoms. The molecule has 5 heteroatoms. The minimum absolute atomic E-state index is 0.260. The molecule has 3 aromatic heterocycles. The smallest absolute Gasteiger partial charge is 0.140 e. The largest absolute Gasteiger partial charge is 0.344 e. The third-order valence-corrected chi connectivity index (χ3v) is 6.03. The Labute approximate surface area is 195 Å². The van der Waals surface area contributed by atoms with Crippen molar-refractivity contribution in [2.45, 2.75) is 34.1 Å². The summed E-state index contributed by atoms with van der Waals surface area (Å²) < 4.78 is 13.6. The van der Waals surface area contributed by atoms with Crippen LogP contribution in [0.15, 0.2) is 73.2 Å². The van der Waals surface area contributed by atoms with E-state index in [2.05, 4.69) is 55.6 Å². The summed E-state index contributed by atoms with van der Waals surface area (Å²) in [6, 6.07) is 14.5. The van der Waals surface area contributed by atoms with E-state index in [1.165, 1.54) is 12.1 Å². The summed E-state index contributed by atoms with van der Waals surface area (Å²) in [6.07, 6.45) is 4.63. The van der Waals surface area contributed by atoms with E-state index in [0.717, 1.165) is 51.4 Å². The lowest BCUT2D eigenvalue weighted by Gasteiger charge is -2.25. The number of H-pyrrole nitrogens is 1. The Hall–Kier alpha value is -3.47. The number of nitrogens with zero attached hydrogens (tertiary/aromatic N) is 2. The Morgan fingerprint density at radius 3 is 2.30 bits per heavy atom. The van der Waals surface area contributed by atoms with E-state index in [4.69, 9.17) is 4.98 Å². The van der Waals surface area contributed by atoms with Gasteiger partial charge >= 0.3 is 0 Å². The maximum absolute atomic E-state index is 13.6. The first-order chi connectivity index (χ1) is 15.8. The van der Waals surface area contributed by atoms with Gasteiger partial charge in [0, 0.05) is 35.0 Å². The highest BCUT2D eigenvalue weighted by molar-refractivity contribution is 6.02. The molecule has 0 spiro atoms. The lowest BCUT2D eigenvalue weighted by atomic mass is 9.85. The van der Waals surface area contributed by atoms with Crippen molar-refractivity contribution in [3.05, 3.63) is 79.0 Å². The van der Waals surface area contributed by atoms with E-state index < -0.39 is 0 Å². The Balaban J connectivity index is 1.75. The number of aromatic amines is 1. The molecule has 4 nitrogen and oxygen atoms in total. The number of hydrogen-bond donors (Lipinski definition) is 2. The Morgan fingerprint density at radius 1 is 0.970 bits per heavy atom. The van der Waals surface area contributed by atoms with Gasteiger partial charge in [0.1, 0.15) is 17.3 Å². The molecule has 3 heterocycles. The fraction of sp³-hybridized carbons (Fsp3) is 0.286. The van der Waals surface area contributed by atoms with Crippen molar-refractivity contribution < 1.29 is 4.39 Å². The fourth-order valence-electron chi connectivity index (χ4n) is 4.37. The predicted octanol–water partition coefficient (Wildman–Crippen LogP) is 7.67. The van der Waals surface area contributed by atoms with Crippen molar-refractivity contribution in [2.75, 3.05) is 5.32 Å². The van der Waals surface area contributed by atoms with Gasteiger partial charge in [0.05, 0.1) is 5.69 Å². The second kappa shape index (κ2) is 9.57. The summed E-state index contributed by atoms with van der Waals surface area (Å²) in [5, 5.41) is 4.45. The third-order valence-electron chi connectivity index (χ3n) is 6.03. The summed E-state index contributed by atoms with van der Waals surface area (Å²) in [5.74, 6) is 1.95. The van der Waals surface area contributed by atoms with Crippen LogP contribution in [0.4, 0.5) is 10.2 Å². The van der Waals surface area contributed by atoms with Crippen molar-refractivity contribution in [3.63, 3.8) is 0 Å². The van der Waals surface area contributed by atoms with Gasteiger partial charge in [0.2, 0.25) is 0 Å². The lowest BCUT2D eigenvalue weighted by Crippen LogP contribution is -2.19. The minimum atomic E-state index is -0.260. The lowest BCUT2D eigenvalue weighted by molar-refractivity contribution is 0.365. The van der Waals surface area contributed by atoms with E-state index >= 15 is 0 Å². The molecule has 0 saturated heterocycles. The Morgan fingerprint density at radius 2 is 1.67 bits per heavy atom. The van der Waals surface area contributed by atoms with Crippen molar-refractivity contribution in [1.82, 2.24) is 15.0 Å². The van der Waals surface area contributed by atoms with Crippen molar-refractivity contribution in [2.24, 2.45) is 17.8 Å². The molecule has 1 atom stereocenters. The number of pyridine rings is 2. The van der Waals surface area contributed by atoms with Crippen LogP contribution < -0.4 is 5.32 Å². The van der Waals surface area contributed by atoms with Gasteiger partial charge in [0.25, 0.3) is 0 Å². The van der Waals surface area contributed by atoms with Crippen LogP contribution >= 0.6 is 0 Å². The predicted molar refractivity (Wildman–Crippen MR) is 135 cm³/mol. The minimum Gasteiger partial charge on any atom is -0.344 e. The zero-order chi connectivity index (χ0) is 23.5. The Kier molecular flexibility index (Phi) is 6.59. The van der Waals surface area contributed by atoms with Gasteiger partial charge < -0.3 is 10.3 Å². The highest BCUT2D eigenvalue weighted by Crippen LogP contribution is 2.38. The van der Waals surface area contributed by atoms with E-state index in [0.29, 0.717) is 17.8 Å². The molecule has 1 aromatic carbocycles. The molecule has 4 rings (SSSR count). The van der Waals surface area contributed by atoms with Crippen LogP contribution in [0.5, 0.6) is 0 Å². The van der Waals surface area contributed by atoms with Gasteiger partial charge in [-0.2, -0.15) is 0 Å². The molecule has 0 aliphatic rings. The average Bonchev–Trinajstić information content (AvgIpc) is 3.17. The molecule has 4 aromatic rings. The summed E-state index contributed by atoms with van der Waals surface area (Å²) in [4.78, 5) is 12.5. The van der Waals surface area contributed by atoms with Crippen molar-refractivity contribution in [3.8, 4) is 22.4 Å². The molecule has 0 aliphatic heterocycles. The molecule has 0 saturated carbocycles. The van der Waals surface area contributed by atoms with Gasteiger partial charge in [-0.25, -0.2) is 9.37 Å². The second-order valence-corrected chi connectivity index (χ2v) is 9.34. The number of halogens is 1. The molecule has 0 amide bonds. The molecule has 170 valence electrons. The van der Waals surface area contributed by atoms with Gasteiger partial charge in [0.15, 0.2) is 0 Å². The number of allylic oxidation sites excluding steroid dienone is 1. The van der Waals surface area contributed by atoms with E-state index in [-0.39, 0.29) is 5.82 Å². The average molecular weight is 443 g/mol. The van der Waals surface area contributed by atoms with Crippen LogP contribution in [0.25, 0.3) is 33.4 Å². The molecule has 0 aliphatic carbocycles. The third kappa shape index (κ3) is 4.98. The summed E-state index contributed by atoms with van der Waals surface area (Å²) >= 11 is 0. The standard InChI is InChI=1S/C28H31FN4/c1-17(2)16-24(18(3)4)19(5)31-25-11-10-23-26(20-12-14-30-15-13-20)27(33-28(23)32-25)21-6-8-22(29)9-7-21/h6-15,17-18,24H,5,16H2,1-4H3,(H2,31,32,33). The highest BCUT2D eigenvalue weighted by Gasteiger charge is 2.20. The summed E-state index contributed by atoms with van der Waals surface area (Å²) in [6.45, 7) is 13.3. The maximum atomic E-state index is 13.6. The molecule has 0 radical (unpaired) electrons. The summed E-state index contributed by atoms with van der Waals surface area (Å²) in [7, 11) is 0. The number of fused-ring (bicyclic) bond motifs is 1. The number of nitrogens with one attached hydrogen (secondary N) is 2. The van der Waals surface area contributed by atoms with E-state index in [9.17, 15) is 4.39 Å². The van der Waals surface area contributed by atoms with Gasteiger partial charge in [-0.3, -0.25) is 4.98 Å². The first-order valence-corrected chi connectivity index (χ1v) is 11.5. The molecule has 2 N–H and O–H groups in total. The highest BCUT2D eigenvalue weighted by atomic mass is 19.1. The SMILES string of the molecule is C=C(Nc1ccc2c(-c3ccncc3)c(-c3ccc(F)cc3)[nH]c2n1)C(CC(C)C)C(C)C. The van der Waals surface area contributed by atoms with Gasteiger partial charge in [-0.1, -0.05) is 34.3 Å². The number of hydrogen-bond acceptors (Lipinski definition) is 3. The van der Waals surface area contributed by atoms with Crippen LogP contribution in [0.3, 0.4) is 0 Å². The Bertz CT molecular complexity index is 1240. The van der Waals surface area contributed by atoms with Crippen molar-refractivity contribution >= 4 is 16.9 Å². The monoisotopic (exact) mass is 442 g/mol. The molecular weight excluding hydrogens is 411 g/mol. The number of anilines is 1. The van der Waals surface area contributed by atoms with Gasteiger partial charge in [-0.15, -0.1) is 0 Å². The van der Waals surface area contributed by atoms with Crippen LogP contribution in [0.2, 0.25) is 0 Å². The number of aromatic nitrogens is 3. The van der Waals surface area contributed by atoms with Crippen LogP contribution in [-0.4, -0.2) is 15.0 Å². The quantitative estimate of drug-likeness (QED) is 0.294. The second-order valence-electron chi connectivity index (χ2n) is 9.34. The van der Waals surface area contributed by atoms with E-state index in [1.807, 2.05) is 18.2 Å². The fourth-order valence-corrected chi connectivity index (χ4v) is 4.37. The van der Waals surface area contributed by atoms with E-state index in [1.54, 1.807) is 24.5 Å². The first kappa shape index (κ1) is 22.7. The molecule has 0 fully saturated rings. The molecule has 1 unspecified atom stereocenters. The molecular formula is C28H31FN4. The zero-order valence-electron chi connectivity index (χ0n) is 19.7. The zero-order valence-corrected chi connectivity index (χ0v) is 19.7. The maximum Gasteiger partial charge on any atom is 0.140 e. The van der Waals surface area contributed by atoms with Crippen LogP contribution in [-0.2, 0) is 0 Å².